The third-order valence-electron chi connectivity index (χ3n) is 3.32. The van der Waals surface area contributed by atoms with E-state index in [2.05, 4.69) is 46.4 Å². The van der Waals surface area contributed by atoms with Crippen LogP contribution in [0.2, 0.25) is 5.02 Å². The molecular formula is C17H26ClNO. The Balaban J connectivity index is 3.14. The summed E-state index contributed by atoms with van der Waals surface area (Å²) in [6.07, 6.45) is 0. The van der Waals surface area contributed by atoms with E-state index in [0.29, 0.717) is 10.6 Å². The van der Waals surface area contributed by atoms with Crippen LogP contribution in [-0.2, 0) is 0 Å². The van der Waals surface area contributed by atoms with Gasteiger partial charge < -0.3 is 0 Å². The molecule has 0 aliphatic carbocycles. The highest BCUT2D eigenvalue weighted by atomic mass is 35.5. The summed E-state index contributed by atoms with van der Waals surface area (Å²) in [5, 5.41) is 0.598. The molecule has 0 radical (unpaired) electrons. The lowest BCUT2D eigenvalue weighted by Crippen LogP contribution is -2.58. The van der Waals surface area contributed by atoms with E-state index in [4.69, 9.17) is 11.6 Å². The minimum Gasteiger partial charge on any atom is -0.292 e. The quantitative estimate of drug-likeness (QED) is 0.746. The van der Waals surface area contributed by atoms with Crippen LogP contribution in [0.25, 0.3) is 0 Å². The van der Waals surface area contributed by atoms with E-state index in [9.17, 15) is 4.79 Å². The van der Waals surface area contributed by atoms with Crippen LogP contribution in [0.1, 0.15) is 58.8 Å². The van der Waals surface area contributed by atoms with E-state index >= 15 is 0 Å². The molecule has 0 amide bonds. The molecule has 0 aliphatic rings. The van der Waals surface area contributed by atoms with Crippen molar-refractivity contribution in [2.75, 3.05) is 0 Å². The lowest BCUT2D eigenvalue weighted by molar-refractivity contribution is 0.00522. The van der Waals surface area contributed by atoms with Crippen molar-refractivity contribution in [1.29, 1.82) is 0 Å². The van der Waals surface area contributed by atoms with Gasteiger partial charge in [-0.15, -0.1) is 0 Å². The largest absolute Gasteiger partial charge is 0.292 e. The summed E-state index contributed by atoms with van der Waals surface area (Å²) in [5.41, 5.74) is 0.487. The summed E-state index contributed by atoms with van der Waals surface area (Å²) in [4.78, 5) is 15.0. The van der Waals surface area contributed by atoms with Crippen LogP contribution in [0.4, 0.5) is 0 Å². The molecule has 0 heterocycles. The number of ketones is 1. The van der Waals surface area contributed by atoms with Crippen molar-refractivity contribution in [2.45, 2.75) is 65.6 Å². The van der Waals surface area contributed by atoms with E-state index in [0.717, 1.165) is 0 Å². The van der Waals surface area contributed by atoms with E-state index in [-0.39, 0.29) is 22.9 Å². The van der Waals surface area contributed by atoms with Crippen LogP contribution in [0, 0.1) is 0 Å². The summed E-state index contributed by atoms with van der Waals surface area (Å²) in [6, 6.07) is 6.97. The normalized spacial score (nSPS) is 14.4. The Bertz CT molecular complexity index is 468. The summed E-state index contributed by atoms with van der Waals surface area (Å²) in [5.74, 6) is 0.109. The molecule has 0 aromatic heterocycles. The van der Waals surface area contributed by atoms with Crippen molar-refractivity contribution >= 4 is 17.4 Å². The predicted octanol–water partition coefficient (Wildman–Crippen LogP) is 4.81. The van der Waals surface area contributed by atoms with Gasteiger partial charge in [0.05, 0.1) is 6.04 Å². The zero-order chi connectivity index (χ0) is 15.7. The highest BCUT2D eigenvalue weighted by molar-refractivity contribution is 6.31. The van der Waals surface area contributed by atoms with E-state index in [1.54, 1.807) is 12.1 Å². The Kier molecular flexibility index (Phi) is 5.04. The number of nitrogens with zero attached hydrogens (tertiary/aromatic N) is 1. The molecule has 2 nitrogen and oxygen atoms in total. The highest BCUT2D eigenvalue weighted by Crippen LogP contribution is 2.29. The molecule has 0 saturated carbocycles. The molecule has 0 fully saturated rings. The second-order valence-corrected chi connectivity index (χ2v) is 7.70. The summed E-state index contributed by atoms with van der Waals surface area (Å²) in [6.45, 7) is 14.8. The van der Waals surface area contributed by atoms with Gasteiger partial charge in [-0.3, -0.25) is 9.69 Å². The molecule has 112 valence electrons. The molecule has 0 spiro atoms. The minimum absolute atomic E-state index is 0.0914. The lowest BCUT2D eigenvalue weighted by Gasteiger charge is -2.48. The Morgan fingerprint density at radius 3 is 2.00 bits per heavy atom. The second kappa shape index (κ2) is 5.87. The van der Waals surface area contributed by atoms with Crippen LogP contribution < -0.4 is 0 Å². The molecule has 20 heavy (non-hydrogen) atoms. The Hall–Kier alpha value is -0.860. The maximum atomic E-state index is 12.7. The Morgan fingerprint density at radius 1 is 1.10 bits per heavy atom. The Labute approximate surface area is 128 Å². The first-order chi connectivity index (χ1) is 8.94. The van der Waals surface area contributed by atoms with E-state index < -0.39 is 0 Å². The average Bonchev–Trinajstić information content (AvgIpc) is 2.23. The standard InChI is InChI=1S/C17H26ClNO/c1-12(19(16(2,3)4)17(5,6)7)15(20)13-9-8-10-14(18)11-13/h8-12H,1-7H3. The fourth-order valence-electron chi connectivity index (χ4n) is 3.17. The van der Waals surface area contributed by atoms with Crippen molar-refractivity contribution in [1.82, 2.24) is 4.90 Å². The number of rotatable bonds is 3. The van der Waals surface area contributed by atoms with E-state index in [1.165, 1.54) is 0 Å². The summed E-state index contributed by atoms with van der Waals surface area (Å²) < 4.78 is 0. The van der Waals surface area contributed by atoms with Gasteiger partial charge in [0.1, 0.15) is 0 Å². The zero-order valence-electron chi connectivity index (χ0n) is 13.6. The van der Waals surface area contributed by atoms with Gasteiger partial charge in [-0.05, 0) is 60.6 Å². The monoisotopic (exact) mass is 295 g/mol. The topological polar surface area (TPSA) is 20.3 Å². The molecule has 1 aromatic carbocycles. The molecule has 1 atom stereocenters. The van der Waals surface area contributed by atoms with Crippen LogP contribution >= 0.6 is 11.6 Å². The Morgan fingerprint density at radius 2 is 1.60 bits per heavy atom. The minimum atomic E-state index is -0.200. The second-order valence-electron chi connectivity index (χ2n) is 7.26. The van der Waals surface area contributed by atoms with Gasteiger partial charge in [0.2, 0.25) is 0 Å². The molecule has 1 unspecified atom stereocenters. The van der Waals surface area contributed by atoms with Gasteiger partial charge in [-0.1, -0.05) is 23.7 Å². The highest BCUT2D eigenvalue weighted by Gasteiger charge is 2.38. The van der Waals surface area contributed by atoms with Gasteiger partial charge in [0.25, 0.3) is 0 Å². The maximum Gasteiger partial charge on any atom is 0.179 e. The van der Waals surface area contributed by atoms with E-state index in [1.807, 2.05) is 19.1 Å². The van der Waals surface area contributed by atoms with Gasteiger partial charge in [0, 0.05) is 21.7 Å². The molecule has 1 aromatic rings. The van der Waals surface area contributed by atoms with Crippen LogP contribution in [0.15, 0.2) is 24.3 Å². The first-order valence-electron chi connectivity index (χ1n) is 7.04. The van der Waals surface area contributed by atoms with Crippen molar-refractivity contribution in [3.63, 3.8) is 0 Å². The molecule has 3 heteroatoms. The lowest BCUT2D eigenvalue weighted by atomic mass is 9.90. The fourth-order valence-corrected chi connectivity index (χ4v) is 3.36. The molecule has 0 saturated heterocycles. The van der Waals surface area contributed by atoms with Crippen molar-refractivity contribution in [3.8, 4) is 0 Å². The van der Waals surface area contributed by atoms with Crippen LogP contribution in [0.5, 0.6) is 0 Å². The summed E-state index contributed by atoms with van der Waals surface area (Å²) >= 11 is 5.99. The van der Waals surface area contributed by atoms with Crippen LogP contribution in [-0.4, -0.2) is 27.8 Å². The van der Waals surface area contributed by atoms with Crippen molar-refractivity contribution in [2.24, 2.45) is 0 Å². The van der Waals surface area contributed by atoms with Crippen molar-refractivity contribution in [3.05, 3.63) is 34.9 Å². The number of carbonyl (C=O) groups excluding carboxylic acids is 1. The molecule has 1 rings (SSSR count). The third-order valence-corrected chi connectivity index (χ3v) is 3.56. The third kappa shape index (κ3) is 4.07. The number of hydrogen-bond acceptors (Lipinski definition) is 2. The number of benzene rings is 1. The predicted molar refractivity (Wildman–Crippen MR) is 86.6 cm³/mol. The van der Waals surface area contributed by atoms with Gasteiger partial charge in [-0.25, -0.2) is 0 Å². The van der Waals surface area contributed by atoms with Gasteiger partial charge >= 0.3 is 0 Å². The first kappa shape index (κ1) is 17.2. The number of Topliss-reactive ketones (excluding diaryl/α,β-unsaturated/α-hetero) is 1. The summed E-state index contributed by atoms with van der Waals surface area (Å²) in [7, 11) is 0. The average molecular weight is 296 g/mol. The zero-order valence-corrected chi connectivity index (χ0v) is 14.4. The molecule has 0 bridgehead atoms. The van der Waals surface area contributed by atoms with Crippen LogP contribution in [0.3, 0.4) is 0 Å². The fraction of sp³-hybridized carbons (Fsp3) is 0.588. The van der Waals surface area contributed by atoms with Crippen molar-refractivity contribution < 1.29 is 4.79 Å². The van der Waals surface area contributed by atoms with Gasteiger partial charge in [-0.2, -0.15) is 0 Å². The number of carbonyl (C=O) groups is 1. The number of hydrogen-bond donors (Lipinski definition) is 0. The number of halogens is 1. The molecule has 0 N–H and O–H groups in total. The molecular weight excluding hydrogens is 270 g/mol. The van der Waals surface area contributed by atoms with Gasteiger partial charge in [0.15, 0.2) is 5.78 Å². The SMILES string of the molecule is CC(C(=O)c1cccc(Cl)c1)N(C(C)(C)C)C(C)(C)C. The maximum absolute atomic E-state index is 12.7. The first-order valence-corrected chi connectivity index (χ1v) is 7.41. The molecule has 0 aliphatic heterocycles. The smallest absolute Gasteiger partial charge is 0.179 e.